The number of para-hydroxylation sites is 1. The highest BCUT2D eigenvalue weighted by molar-refractivity contribution is 6.04. The number of hydrogen-bond acceptors (Lipinski definition) is 2. The summed E-state index contributed by atoms with van der Waals surface area (Å²) in [6, 6.07) is 10.2. The molecule has 148 valence electrons. The van der Waals surface area contributed by atoms with Gasteiger partial charge in [-0.15, -0.1) is 0 Å². The van der Waals surface area contributed by atoms with Gasteiger partial charge in [0.05, 0.1) is 11.5 Å². The number of anilines is 2. The topological polar surface area (TPSA) is 49.4 Å². The minimum atomic E-state index is -4.43. The summed E-state index contributed by atoms with van der Waals surface area (Å²) in [5, 5.41) is 2.93. The quantitative estimate of drug-likeness (QED) is 0.832. The second-order valence-electron chi connectivity index (χ2n) is 6.90. The predicted octanol–water partition coefficient (Wildman–Crippen LogP) is 4.57. The molecule has 1 saturated heterocycles. The van der Waals surface area contributed by atoms with Crippen LogP contribution in [0.2, 0.25) is 0 Å². The van der Waals surface area contributed by atoms with Crippen LogP contribution in [0.5, 0.6) is 0 Å². The Hall–Kier alpha value is -2.83. The molecule has 0 bridgehead atoms. The van der Waals surface area contributed by atoms with Crippen molar-refractivity contribution in [3.8, 4) is 0 Å². The minimum Gasteiger partial charge on any atom is -0.325 e. The van der Waals surface area contributed by atoms with Crippen molar-refractivity contribution in [3.05, 3.63) is 59.2 Å². The highest BCUT2D eigenvalue weighted by Crippen LogP contribution is 2.32. The number of benzene rings is 2. The summed E-state index contributed by atoms with van der Waals surface area (Å²) in [6.45, 7) is 4.04. The number of carbonyl (C=O) groups excluding carboxylic acids is 2. The first-order chi connectivity index (χ1) is 13.2. The van der Waals surface area contributed by atoms with E-state index >= 15 is 0 Å². The molecule has 3 rings (SSSR count). The number of rotatable bonds is 4. The zero-order chi connectivity index (χ0) is 20.5. The molecule has 1 aliphatic heterocycles. The summed E-state index contributed by atoms with van der Waals surface area (Å²) in [5.74, 6) is -1.09. The molecule has 0 spiro atoms. The Balaban J connectivity index is 1.73. The zero-order valence-corrected chi connectivity index (χ0v) is 15.6. The lowest BCUT2D eigenvalue weighted by Gasteiger charge is -2.18. The van der Waals surface area contributed by atoms with Crippen LogP contribution in [0.4, 0.5) is 24.5 Å². The molecule has 0 radical (unpaired) electrons. The number of aryl methyl sites for hydroxylation is 2. The largest absolute Gasteiger partial charge is 0.416 e. The van der Waals surface area contributed by atoms with Crippen LogP contribution in [-0.2, 0) is 22.2 Å². The van der Waals surface area contributed by atoms with Crippen LogP contribution in [-0.4, -0.2) is 18.4 Å². The molecule has 7 heteroatoms. The lowest BCUT2D eigenvalue weighted by atomic mass is 10.0. The molecule has 1 unspecified atom stereocenters. The number of amides is 2. The Kier molecular flexibility index (Phi) is 5.45. The van der Waals surface area contributed by atoms with Crippen LogP contribution in [0.15, 0.2) is 42.5 Å². The summed E-state index contributed by atoms with van der Waals surface area (Å²) in [7, 11) is 0. The van der Waals surface area contributed by atoms with E-state index in [0.29, 0.717) is 5.69 Å². The van der Waals surface area contributed by atoms with E-state index in [4.69, 9.17) is 0 Å². The van der Waals surface area contributed by atoms with E-state index in [9.17, 15) is 22.8 Å². The molecule has 2 aromatic carbocycles. The van der Waals surface area contributed by atoms with Gasteiger partial charge in [0.1, 0.15) is 0 Å². The zero-order valence-electron chi connectivity index (χ0n) is 15.6. The van der Waals surface area contributed by atoms with Gasteiger partial charge in [-0.2, -0.15) is 13.2 Å². The van der Waals surface area contributed by atoms with Crippen LogP contribution in [0, 0.1) is 12.8 Å². The SMILES string of the molecule is CCc1cccc(C)c1NC(=O)C1CC(=O)N(c2ccc(C(F)(F)F)cc2)C1. The molecule has 4 nitrogen and oxygen atoms in total. The van der Waals surface area contributed by atoms with Crippen molar-refractivity contribution in [3.63, 3.8) is 0 Å². The van der Waals surface area contributed by atoms with Gasteiger partial charge in [0.25, 0.3) is 0 Å². The normalized spacial score (nSPS) is 17.1. The highest BCUT2D eigenvalue weighted by Gasteiger charge is 2.36. The van der Waals surface area contributed by atoms with Crippen LogP contribution in [0.3, 0.4) is 0 Å². The molecule has 0 aliphatic carbocycles. The smallest absolute Gasteiger partial charge is 0.325 e. The number of nitrogens with one attached hydrogen (secondary N) is 1. The Morgan fingerprint density at radius 1 is 1.18 bits per heavy atom. The minimum absolute atomic E-state index is 0.0280. The second kappa shape index (κ2) is 7.66. The number of nitrogens with zero attached hydrogens (tertiary/aromatic N) is 1. The molecule has 1 fully saturated rings. The monoisotopic (exact) mass is 390 g/mol. The third-order valence-electron chi connectivity index (χ3n) is 4.99. The van der Waals surface area contributed by atoms with Gasteiger partial charge in [-0.05, 0) is 48.7 Å². The molecule has 1 atom stereocenters. The van der Waals surface area contributed by atoms with E-state index in [0.717, 1.165) is 35.4 Å². The Morgan fingerprint density at radius 3 is 2.46 bits per heavy atom. The van der Waals surface area contributed by atoms with Gasteiger partial charge < -0.3 is 10.2 Å². The molecule has 0 saturated carbocycles. The van der Waals surface area contributed by atoms with Crippen molar-refractivity contribution in [1.82, 2.24) is 0 Å². The molecule has 2 amide bonds. The average molecular weight is 390 g/mol. The maximum Gasteiger partial charge on any atom is 0.416 e. The third-order valence-corrected chi connectivity index (χ3v) is 4.99. The van der Waals surface area contributed by atoms with Gasteiger partial charge >= 0.3 is 6.18 Å². The summed E-state index contributed by atoms with van der Waals surface area (Å²) >= 11 is 0. The van der Waals surface area contributed by atoms with E-state index in [1.165, 1.54) is 17.0 Å². The van der Waals surface area contributed by atoms with Gasteiger partial charge in [0.15, 0.2) is 0 Å². The fourth-order valence-electron chi connectivity index (χ4n) is 3.39. The van der Waals surface area contributed by atoms with E-state index in [1.54, 1.807) is 0 Å². The number of alkyl halides is 3. The van der Waals surface area contributed by atoms with Gasteiger partial charge in [-0.3, -0.25) is 9.59 Å². The second-order valence-corrected chi connectivity index (χ2v) is 6.90. The van der Waals surface area contributed by atoms with Crippen LogP contribution in [0.1, 0.15) is 30.0 Å². The molecular formula is C21H21F3N2O2. The Morgan fingerprint density at radius 2 is 1.86 bits per heavy atom. The average Bonchev–Trinajstić information content (AvgIpc) is 3.04. The first-order valence-corrected chi connectivity index (χ1v) is 9.07. The lowest BCUT2D eigenvalue weighted by molar-refractivity contribution is -0.137. The van der Waals surface area contributed by atoms with Crippen molar-refractivity contribution in [1.29, 1.82) is 0 Å². The molecule has 0 aromatic heterocycles. The van der Waals surface area contributed by atoms with Gasteiger partial charge in [-0.1, -0.05) is 25.1 Å². The summed E-state index contributed by atoms with van der Waals surface area (Å²) < 4.78 is 38.1. The van der Waals surface area contributed by atoms with E-state index < -0.39 is 17.7 Å². The van der Waals surface area contributed by atoms with Crippen LogP contribution in [0.25, 0.3) is 0 Å². The third kappa shape index (κ3) is 4.03. The van der Waals surface area contributed by atoms with Crippen LogP contribution < -0.4 is 10.2 Å². The first kappa shape index (κ1) is 19.9. The summed E-state index contributed by atoms with van der Waals surface area (Å²) in [4.78, 5) is 26.4. The standard InChI is InChI=1S/C21H21F3N2O2/c1-3-14-6-4-5-13(2)19(14)25-20(28)15-11-18(27)26(12-15)17-9-7-16(8-10-17)21(22,23)24/h4-10,15H,3,11-12H2,1-2H3,(H,25,28). The van der Waals surface area contributed by atoms with E-state index in [1.807, 2.05) is 32.0 Å². The van der Waals surface area contributed by atoms with Crippen molar-refractivity contribution >= 4 is 23.2 Å². The van der Waals surface area contributed by atoms with Gasteiger partial charge in [0, 0.05) is 24.3 Å². The molecule has 1 aliphatic rings. The Bertz CT molecular complexity index is 892. The molecule has 28 heavy (non-hydrogen) atoms. The molecule has 2 aromatic rings. The van der Waals surface area contributed by atoms with Gasteiger partial charge in [0.2, 0.25) is 11.8 Å². The van der Waals surface area contributed by atoms with Crippen LogP contribution >= 0.6 is 0 Å². The highest BCUT2D eigenvalue weighted by atomic mass is 19.4. The fourth-order valence-corrected chi connectivity index (χ4v) is 3.39. The maximum absolute atomic E-state index is 12.7. The Labute approximate surface area is 161 Å². The first-order valence-electron chi connectivity index (χ1n) is 9.07. The number of hydrogen-bond donors (Lipinski definition) is 1. The van der Waals surface area contributed by atoms with Crippen molar-refractivity contribution < 1.29 is 22.8 Å². The molecule has 1 N–H and O–H groups in total. The maximum atomic E-state index is 12.7. The van der Waals surface area contributed by atoms with E-state index in [2.05, 4.69) is 5.32 Å². The summed E-state index contributed by atoms with van der Waals surface area (Å²) in [6.07, 6.45) is -3.64. The van der Waals surface area contributed by atoms with Crippen molar-refractivity contribution in [2.45, 2.75) is 32.9 Å². The van der Waals surface area contributed by atoms with Crippen molar-refractivity contribution in [2.75, 3.05) is 16.8 Å². The summed E-state index contributed by atoms with van der Waals surface area (Å²) in [5.41, 5.74) is 2.30. The lowest BCUT2D eigenvalue weighted by Crippen LogP contribution is -2.28. The predicted molar refractivity (Wildman–Crippen MR) is 101 cm³/mol. The van der Waals surface area contributed by atoms with E-state index in [-0.39, 0.29) is 24.8 Å². The molecular weight excluding hydrogens is 369 g/mol. The van der Waals surface area contributed by atoms with Crippen molar-refractivity contribution in [2.24, 2.45) is 5.92 Å². The molecule has 1 heterocycles. The number of carbonyl (C=O) groups is 2. The van der Waals surface area contributed by atoms with Gasteiger partial charge in [-0.25, -0.2) is 0 Å². The fraction of sp³-hybridized carbons (Fsp3) is 0.333. The number of halogens is 3.